The molecular formula is C52H33NS. The molecule has 0 saturated heterocycles. The van der Waals surface area contributed by atoms with E-state index in [1.54, 1.807) is 0 Å². The number of nitrogens with zero attached hydrogens (tertiary/aromatic N) is 1. The second-order valence-electron chi connectivity index (χ2n) is 14.1. The van der Waals surface area contributed by atoms with Crippen LogP contribution >= 0.6 is 11.3 Å². The normalized spacial score (nSPS) is 11.7. The summed E-state index contributed by atoms with van der Waals surface area (Å²) >= 11 is 1.88. The quantitative estimate of drug-likeness (QED) is 0.172. The highest BCUT2D eigenvalue weighted by Crippen LogP contribution is 2.47. The van der Waals surface area contributed by atoms with Gasteiger partial charge in [-0.1, -0.05) is 158 Å². The highest BCUT2D eigenvalue weighted by Gasteiger charge is 2.22. The average molecular weight is 704 g/mol. The van der Waals surface area contributed by atoms with Gasteiger partial charge in [0.15, 0.2) is 0 Å². The molecule has 0 spiro atoms. The van der Waals surface area contributed by atoms with E-state index in [1.165, 1.54) is 85.5 Å². The zero-order valence-corrected chi connectivity index (χ0v) is 30.2. The van der Waals surface area contributed by atoms with Gasteiger partial charge in [0.1, 0.15) is 0 Å². The van der Waals surface area contributed by atoms with Crippen molar-refractivity contribution in [3.63, 3.8) is 0 Å². The minimum Gasteiger partial charge on any atom is -0.309 e. The molecule has 0 radical (unpaired) electrons. The molecule has 0 saturated carbocycles. The Morgan fingerprint density at radius 3 is 1.70 bits per heavy atom. The van der Waals surface area contributed by atoms with E-state index in [1.807, 2.05) is 11.3 Å². The Kier molecular flexibility index (Phi) is 7.11. The van der Waals surface area contributed by atoms with Gasteiger partial charge in [-0.3, -0.25) is 0 Å². The summed E-state index contributed by atoms with van der Waals surface area (Å²) in [5.74, 6) is 0. The van der Waals surface area contributed by atoms with Crippen molar-refractivity contribution in [1.82, 2.24) is 0 Å². The lowest BCUT2D eigenvalue weighted by molar-refractivity contribution is 1.31. The Balaban J connectivity index is 1.14. The van der Waals surface area contributed by atoms with Gasteiger partial charge in [-0.15, -0.1) is 11.3 Å². The van der Waals surface area contributed by atoms with Crippen LogP contribution in [0.3, 0.4) is 0 Å². The van der Waals surface area contributed by atoms with Crippen LogP contribution in [0.5, 0.6) is 0 Å². The number of thiophene rings is 1. The van der Waals surface area contributed by atoms with Crippen LogP contribution in [0.15, 0.2) is 200 Å². The van der Waals surface area contributed by atoms with Crippen molar-refractivity contribution in [3.8, 4) is 22.3 Å². The summed E-state index contributed by atoms with van der Waals surface area (Å²) in [4.78, 5) is 2.49. The molecule has 1 aromatic heterocycles. The third kappa shape index (κ3) is 5.07. The molecule has 0 aliphatic heterocycles. The van der Waals surface area contributed by atoms with Crippen LogP contribution in [0.2, 0.25) is 0 Å². The Morgan fingerprint density at radius 1 is 0.315 bits per heavy atom. The molecule has 54 heavy (non-hydrogen) atoms. The van der Waals surface area contributed by atoms with Crippen LogP contribution in [-0.4, -0.2) is 0 Å². The molecule has 0 bridgehead atoms. The zero-order chi connectivity index (χ0) is 35.6. The van der Waals surface area contributed by atoms with Crippen molar-refractivity contribution in [2.75, 3.05) is 4.90 Å². The summed E-state index contributed by atoms with van der Waals surface area (Å²) in [6, 6.07) is 73.7. The molecular weight excluding hydrogens is 671 g/mol. The molecule has 11 rings (SSSR count). The van der Waals surface area contributed by atoms with E-state index in [0.29, 0.717) is 0 Å². The van der Waals surface area contributed by atoms with Gasteiger partial charge in [0.05, 0.1) is 11.4 Å². The second kappa shape index (κ2) is 12.4. The van der Waals surface area contributed by atoms with Crippen LogP contribution in [-0.2, 0) is 0 Å². The molecule has 0 unspecified atom stereocenters. The molecule has 0 aliphatic rings. The third-order valence-corrected chi connectivity index (χ3v) is 12.1. The summed E-state index contributed by atoms with van der Waals surface area (Å²) in [6.07, 6.45) is 0. The molecule has 0 aliphatic carbocycles. The smallest absolute Gasteiger partial charge is 0.0546 e. The van der Waals surface area contributed by atoms with Gasteiger partial charge in [0, 0.05) is 36.8 Å². The van der Waals surface area contributed by atoms with Crippen molar-refractivity contribution in [2.45, 2.75) is 0 Å². The number of hydrogen-bond donors (Lipinski definition) is 0. The molecule has 0 amide bonds. The average Bonchev–Trinajstić information content (AvgIpc) is 3.62. The van der Waals surface area contributed by atoms with E-state index >= 15 is 0 Å². The maximum absolute atomic E-state index is 2.49. The fourth-order valence-corrected chi connectivity index (χ4v) is 9.50. The Morgan fingerprint density at radius 2 is 0.907 bits per heavy atom. The van der Waals surface area contributed by atoms with Crippen LogP contribution in [0.4, 0.5) is 17.1 Å². The van der Waals surface area contributed by atoms with E-state index < -0.39 is 0 Å². The van der Waals surface area contributed by atoms with E-state index in [2.05, 4.69) is 205 Å². The monoisotopic (exact) mass is 703 g/mol. The maximum atomic E-state index is 2.49. The Bertz CT molecular complexity index is 3220. The first-order chi connectivity index (χ1) is 26.7. The standard InChI is InChI=1S/C52H33NS/c1-2-13-39-30-42(25-22-34(39)10-1)35-20-23-38(24-21-35)47-31-40-14-3-4-15-41(40)32-49(47)53(48-19-9-16-36-11-5-7-17-44(36)48)43-27-28-46-51(33-43)54-50-29-26-37-12-6-8-18-45(37)52(46)50/h1-33H. The topological polar surface area (TPSA) is 3.24 Å². The van der Waals surface area contributed by atoms with Gasteiger partial charge in [-0.05, 0) is 96.9 Å². The highest BCUT2D eigenvalue weighted by molar-refractivity contribution is 7.26. The number of benzene rings is 10. The predicted octanol–water partition coefficient (Wildman–Crippen LogP) is 15.5. The van der Waals surface area contributed by atoms with E-state index in [0.717, 1.165) is 17.1 Å². The molecule has 0 atom stereocenters. The lowest BCUT2D eigenvalue weighted by Gasteiger charge is -2.29. The van der Waals surface area contributed by atoms with Crippen molar-refractivity contribution < 1.29 is 0 Å². The van der Waals surface area contributed by atoms with E-state index in [-0.39, 0.29) is 0 Å². The van der Waals surface area contributed by atoms with E-state index in [9.17, 15) is 0 Å². The van der Waals surface area contributed by atoms with Gasteiger partial charge in [-0.2, -0.15) is 0 Å². The van der Waals surface area contributed by atoms with Crippen molar-refractivity contribution >= 4 is 91.7 Å². The van der Waals surface area contributed by atoms with Gasteiger partial charge >= 0.3 is 0 Å². The number of rotatable bonds is 5. The first-order valence-electron chi connectivity index (χ1n) is 18.5. The van der Waals surface area contributed by atoms with Crippen molar-refractivity contribution in [2.24, 2.45) is 0 Å². The molecule has 1 nitrogen and oxygen atoms in total. The van der Waals surface area contributed by atoms with Crippen LogP contribution < -0.4 is 4.90 Å². The first-order valence-corrected chi connectivity index (χ1v) is 19.3. The van der Waals surface area contributed by atoms with Gasteiger partial charge in [0.25, 0.3) is 0 Å². The fourth-order valence-electron chi connectivity index (χ4n) is 8.34. The second-order valence-corrected chi connectivity index (χ2v) is 15.2. The lowest BCUT2D eigenvalue weighted by atomic mass is 9.94. The summed E-state index contributed by atoms with van der Waals surface area (Å²) in [7, 11) is 0. The molecule has 0 N–H and O–H groups in total. The fraction of sp³-hybridized carbons (Fsp3) is 0. The number of hydrogen-bond acceptors (Lipinski definition) is 2. The Labute approximate surface area is 317 Å². The highest BCUT2D eigenvalue weighted by atomic mass is 32.1. The maximum Gasteiger partial charge on any atom is 0.0546 e. The summed E-state index contributed by atoms with van der Waals surface area (Å²) < 4.78 is 2.60. The van der Waals surface area contributed by atoms with Crippen LogP contribution in [0, 0.1) is 0 Å². The van der Waals surface area contributed by atoms with Crippen molar-refractivity contribution in [1.29, 1.82) is 0 Å². The first kappa shape index (κ1) is 30.8. The summed E-state index contributed by atoms with van der Waals surface area (Å²) in [6.45, 7) is 0. The molecule has 252 valence electrons. The molecule has 2 heteroatoms. The molecule has 1 heterocycles. The third-order valence-electron chi connectivity index (χ3n) is 11.0. The predicted molar refractivity (Wildman–Crippen MR) is 235 cm³/mol. The SMILES string of the molecule is c1ccc2cc(-c3ccc(-c4cc5ccccc5cc4N(c4ccc5c(c4)sc4ccc6ccccc6c45)c4cccc5ccccc45)cc3)ccc2c1. The Hall–Kier alpha value is -6.74. The minimum atomic E-state index is 1.14. The van der Waals surface area contributed by atoms with Gasteiger partial charge in [0.2, 0.25) is 0 Å². The van der Waals surface area contributed by atoms with Crippen LogP contribution in [0.25, 0.3) is 85.5 Å². The minimum absolute atomic E-state index is 1.14. The summed E-state index contributed by atoms with van der Waals surface area (Å²) in [5, 5.41) is 12.6. The number of anilines is 3. The van der Waals surface area contributed by atoms with E-state index in [4.69, 9.17) is 0 Å². The zero-order valence-electron chi connectivity index (χ0n) is 29.4. The van der Waals surface area contributed by atoms with Crippen molar-refractivity contribution in [3.05, 3.63) is 200 Å². The van der Waals surface area contributed by atoms with Gasteiger partial charge in [-0.25, -0.2) is 0 Å². The molecule has 0 fully saturated rings. The molecule has 10 aromatic carbocycles. The number of fused-ring (bicyclic) bond motifs is 8. The van der Waals surface area contributed by atoms with Gasteiger partial charge < -0.3 is 4.90 Å². The summed E-state index contributed by atoms with van der Waals surface area (Å²) in [5.41, 5.74) is 8.24. The lowest BCUT2D eigenvalue weighted by Crippen LogP contribution is -2.12. The van der Waals surface area contributed by atoms with Crippen LogP contribution in [0.1, 0.15) is 0 Å². The molecule has 11 aromatic rings. The largest absolute Gasteiger partial charge is 0.309 e.